The first kappa shape index (κ1) is 22.5. The molecule has 1 N–H and O–H groups in total. The molecule has 35 heavy (non-hydrogen) atoms. The lowest BCUT2D eigenvalue weighted by molar-refractivity contribution is 0.0966. The molecule has 0 fully saturated rings. The van der Waals surface area contributed by atoms with Gasteiger partial charge in [-0.3, -0.25) is 4.79 Å². The number of fused-ring (bicyclic) bond motifs is 10. The Bertz CT molecular complexity index is 1270. The minimum atomic E-state index is 0.0314. The number of aryl methyl sites for hydroxylation is 1. The van der Waals surface area contributed by atoms with Crippen molar-refractivity contribution in [3.8, 4) is 16.9 Å². The summed E-state index contributed by atoms with van der Waals surface area (Å²) in [5.41, 5.74) is 10.1. The topological polar surface area (TPSA) is 50.8 Å². The van der Waals surface area contributed by atoms with Crippen LogP contribution in [0, 0.1) is 0 Å². The van der Waals surface area contributed by atoms with E-state index in [0.717, 1.165) is 72.3 Å². The van der Waals surface area contributed by atoms with Crippen LogP contribution in [0.25, 0.3) is 11.1 Å². The van der Waals surface area contributed by atoms with Gasteiger partial charge in [-0.2, -0.15) is 0 Å². The third-order valence-electron chi connectivity index (χ3n) is 7.92. The second-order valence-electron chi connectivity index (χ2n) is 9.88. The Balaban J connectivity index is 1.53. The number of carbonyl (C=O) groups excluding carboxylic acids is 1. The molecule has 178 valence electrons. The minimum absolute atomic E-state index is 0.0314. The second kappa shape index (κ2) is 8.91. The summed E-state index contributed by atoms with van der Waals surface area (Å²) >= 11 is 0. The molecule has 2 aliphatic heterocycles. The molecule has 6 heteroatoms. The number of anilines is 1. The van der Waals surface area contributed by atoms with Crippen LogP contribution in [0.4, 0.5) is 5.69 Å². The van der Waals surface area contributed by atoms with Gasteiger partial charge in [0.1, 0.15) is 13.6 Å². The van der Waals surface area contributed by atoms with Gasteiger partial charge in [0, 0.05) is 36.9 Å². The predicted octanol–water partition coefficient (Wildman–Crippen LogP) is 4.42. The summed E-state index contributed by atoms with van der Waals surface area (Å²) in [7, 11) is 7.99. The molecule has 1 amide bonds. The van der Waals surface area contributed by atoms with Crippen LogP contribution in [0.15, 0.2) is 41.9 Å². The standard InChI is InChI=1S/C29H31BN2O3/c1-3-4-12-35-13-11-32-24-10-6-18(30)15-22(24)26-23-16-31-29(33)27(23)25-20-9-7-19(34-2)14-17(20)5-8-21(25)28(26)32/h6-7,9-10,14-15,22,24H,3-5,8,11-13,16H2,1-2H3,(H,31,33). The Morgan fingerprint density at radius 1 is 1.17 bits per heavy atom. The number of amides is 1. The zero-order chi connectivity index (χ0) is 24.1. The van der Waals surface area contributed by atoms with E-state index in [1.54, 1.807) is 7.11 Å². The normalized spacial score (nSPS) is 21.0. The third-order valence-corrected chi connectivity index (χ3v) is 7.92. The van der Waals surface area contributed by atoms with Gasteiger partial charge in [-0.1, -0.05) is 37.6 Å². The fourth-order valence-electron chi connectivity index (χ4n) is 6.35. The Morgan fingerprint density at radius 2 is 2.06 bits per heavy atom. The molecule has 2 heterocycles. The highest BCUT2D eigenvalue weighted by molar-refractivity contribution is 6.23. The van der Waals surface area contributed by atoms with Crippen molar-refractivity contribution in [2.24, 2.45) is 0 Å². The number of ether oxygens (including phenoxy) is 2. The van der Waals surface area contributed by atoms with E-state index in [1.165, 1.54) is 22.4 Å². The lowest BCUT2D eigenvalue weighted by Gasteiger charge is -2.32. The molecule has 6 rings (SSSR count). The molecule has 2 aromatic carbocycles. The van der Waals surface area contributed by atoms with Crippen LogP contribution in [-0.4, -0.2) is 46.7 Å². The number of methoxy groups -OCH3 is 1. The molecule has 2 unspecified atom stereocenters. The number of nitrogens with zero attached hydrogens (tertiary/aromatic N) is 1. The fraction of sp³-hybridized carbons (Fsp3) is 0.414. The van der Waals surface area contributed by atoms with Crippen molar-refractivity contribution in [1.82, 2.24) is 5.32 Å². The van der Waals surface area contributed by atoms with E-state index in [9.17, 15) is 4.79 Å². The van der Waals surface area contributed by atoms with Gasteiger partial charge in [-0.25, -0.2) is 0 Å². The highest BCUT2D eigenvalue weighted by atomic mass is 16.5. The van der Waals surface area contributed by atoms with Crippen molar-refractivity contribution >= 4 is 19.4 Å². The molecular weight excluding hydrogens is 435 g/mol. The number of allylic oxidation sites excluding steroid dienone is 2. The monoisotopic (exact) mass is 466 g/mol. The van der Waals surface area contributed by atoms with Crippen LogP contribution in [0.3, 0.4) is 0 Å². The van der Waals surface area contributed by atoms with Gasteiger partial charge in [0.25, 0.3) is 5.91 Å². The van der Waals surface area contributed by atoms with Crippen molar-refractivity contribution in [3.05, 3.63) is 69.7 Å². The van der Waals surface area contributed by atoms with Crippen LogP contribution < -0.4 is 15.0 Å². The summed E-state index contributed by atoms with van der Waals surface area (Å²) in [6.45, 7) is 5.05. The van der Waals surface area contributed by atoms with E-state index in [4.69, 9.17) is 17.3 Å². The maximum Gasteiger partial charge on any atom is 0.252 e. The Morgan fingerprint density at radius 3 is 2.89 bits per heavy atom. The van der Waals surface area contributed by atoms with Crippen LogP contribution in [0.2, 0.25) is 0 Å². The van der Waals surface area contributed by atoms with Gasteiger partial charge in [0.05, 0.1) is 25.3 Å². The molecule has 5 nitrogen and oxygen atoms in total. The SMILES string of the molecule is [B]C1=CC2c3c4c(c5c(c3N(CCOCCCC)C2C=C1)CCc1cc(OC)ccc1-5)C(=O)NC4. The number of rotatable bonds is 7. The van der Waals surface area contributed by atoms with E-state index < -0.39 is 0 Å². The molecule has 2 atom stereocenters. The van der Waals surface area contributed by atoms with Crippen LogP contribution in [0.5, 0.6) is 5.75 Å². The van der Waals surface area contributed by atoms with Gasteiger partial charge in [0.2, 0.25) is 0 Å². The maximum absolute atomic E-state index is 13.2. The van der Waals surface area contributed by atoms with Crippen molar-refractivity contribution in [2.75, 3.05) is 31.8 Å². The molecule has 2 aromatic rings. The zero-order valence-corrected chi connectivity index (χ0v) is 20.5. The number of benzene rings is 2. The molecule has 0 saturated heterocycles. The summed E-state index contributed by atoms with van der Waals surface area (Å²) in [5, 5.41) is 3.13. The predicted molar refractivity (Wildman–Crippen MR) is 140 cm³/mol. The quantitative estimate of drug-likeness (QED) is 0.485. The van der Waals surface area contributed by atoms with Crippen LogP contribution in [0.1, 0.15) is 58.3 Å². The molecule has 2 radical (unpaired) electrons. The second-order valence-corrected chi connectivity index (χ2v) is 9.88. The lowest BCUT2D eigenvalue weighted by atomic mass is 9.76. The number of nitrogens with one attached hydrogen (secondary N) is 1. The number of hydrogen-bond acceptors (Lipinski definition) is 4. The first-order valence-corrected chi connectivity index (χ1v) is 12.8. The Kier molecular flexibility index (Phi) is 5.72. The first-order valence-electron chi connectivity index (χ1n) is 12.8. The van der Waals surface area contributed by atoms with Crippen molar-refractivity contribution in [1.29, 1.82) is 0 Å². The van der Waals surface area contributed by atoms with Gasteiger partial charge in [0.15, 0.2) is 0 Å². The Hall–Kier alpha value is -2.99. The van der Waals surface area contributed by atoms with Crippen molar-refractivity contribution in [3.63, 3.8) is 0 Å². The van der Waals surface area contributed by atoms with Crippen molar-refractivity contribution < 1.29 is 14.3 Å². The highest BCUT2D eigenvalue weighted by Crippen LogP contribution is 2.54. The molecule has 0 bridgehead atoms. The average Bonchev–Trinajstić information content (AvgIpc) is 3.41. The molecule has 0 aromatic heterocycles. The first-order chi connectivity index (χ1) is 17.1. The molecular formula is C29H31BN2O3. The highest BCUT2D eigenvalue weighted by Gasteiger charge is 2.45. The average molecular weight is 466 g/mol. The summed E-state index contributed by atoms with van der Waals surface area (Å²) in [6, 6.07) is 6.44. The molecule has 4 aliphatic rings. The van der Waals surface area contributed by atoms with Gasteiger partial charge < -0.3 is 19.7 Å². The zero-order valence-electron chi connectivity index (χ0n) is 20.5. The summed E-state index contributed by atoms with van der Waals surface area (Å²) in [5.74, 6) is 1.04. The largest absolute Gasteiger partial charge is 0.497 e. The summed E-state index contributed by atoms with van der Waals surface area (Å²) in [6.07, 6.45) is 10.5. The van der Waals surface area contributed by atoms with E-state index in [2.05, 4.69) is 41.4 Å². The van der Waals surface area contributed by atoms with E-state index in [0.29, 0.717) is 13.2 Å². The number of carbonyl (C=O) groups is 1. The number of unbranched alkanes of at least 4 members (excludes halogenated alkanes) is 1. The summed E-state index contributed by atoms with van der Waals surface area (Å²) < 4.78 is 11.5. The maximum atomic E-state index is 13.2. The van der Waals surface area contributed by atoms with Crippen LogP contribution in [-0.2, 0) is 24.1 Å². The third kappa shape index (κ3) is 3.53. The van der Waals surface area contributed by atoms with Gasteiger partial charge in [-0.15, -0.1) is 5.47 Å². The lowest BCUT2D eigenvalue weighted by Crippen LogP contribution is -2.36. The Labute approximate surface area is 208 Å². The van der Waals surface area contributed by atoms with Gasteiger partial charge >= 0.3 is 0 Å². The summed E-state index contributed by atoms with van der Waals surface area (Å²) in [4.78, 5) is 15.7. The van der Waals surface area contributed by atoms with Crippen LogP contribution >= 0.6 is 0 Å². The fourth-order valence-corrected chi connectivity index (χ4v) is 6.35. The molecule has 0 saturated carbocycles. The van der Waals surface area contributed by atoms with E-state index in [1.807, 2.05) is 12.1 Å². The van der Waals surface area contributed by atoms with E-state index in [-0.39, 0.29) is 17.9 Å². The van der Waals surface area contributed by atoms with Gasteiger partial charge in [-0.05, 0) is 59.2 Å². The molecule has 2 aliphatic carbocycles. The minimum Gasteiger partial charge on any atom is -0.497 e. The smallest absolute Gasteiger partial charge is 0.252 e. The molecule has 0 spiro atoms. The number of hydrogen-bond donors (Lipinski definition) is 1. The van der Waals surface area contributed by atoms with Crippen molar-refractivity contribution in [2.45, 2.75) is 51.1 Å². The van der Waals surface area contributed by atoms with E-state index >= 15 is 0 Å².